The second-order valence-electron chi connectivity index (χ2n) is 6.48. The summed E-state index contributed by atoms with van der Waals surface area (Å²) in [6, 6.07) is 8.44. The lowest BCUT2D eigenvalue weighted by Gasteiger charge is -2.19. The van der Waals surface area contributed by atoms with E-state index in [0.29, 0.717) is 19.6 Å². The molecule has 26 heavy (non-hydrogen) atoms. The second-order valence-corrected chi connectivity index (χ2v) is 7.36. The number of amides is 1. The van der Waals surface area contributed by atoms with Crippen LogP contribution in [0, 0.1) is 0 Å². The van der Waals surface area contributed by atoms with E-state index < -0.39 is 5.60 Å². The van der Waals surface area contributed by atoms with Crippen molar-refractivity contribution in [3.63, 3.8) is 0 Å². The largest absolute Gasteiger partial charge is 0.444 e. The Morgan fingerprint density at radius 2 is 1.73 bits per heavy atom. The highest BCUT2D eigenvalue weighted by Gasteiger charge is 2.15. The van der Waals surface area contributed by atoms with Gasteiger partial charge in [-0.05, 0) is 51.1 Å². The average molecular weight is 494 g/mol. The van der Waals surface area contributed by atoms with Crippen LogP contribution in [0.15, 0.2) is 34.2 Å². The van der Waals surface area contributed by atoms with Gasteiger partial charge in [0.25, 0.3) is 0 Å². The van der Waals surface area contributed by atoms with Crippen LogP contribution >= 0.6 is 35.7 Å². The molecule has 8 heteroatoms. The van der Waals surface area contributed by atoms with Gasteiger partial charge >= 0.3 is 6.09 Å². The minimum absolute atomic E-state index is 0. The van der Waals surface area contributed by atoms with Gasteiger partial charge in [-0.25, -0.2) is 4.79 Å². The van der Waals surface area contributed by atoms with Crippen molar-refractivity contribution < 1.29 is 9.53 Å². The fraction of sp³-hybridized carbons (Fsp3) is 0.556. The zero-order valence-corrected chi connectivity index (χ0v) is 19.4. The van der Waals surface area contributed by atoms with Gasteiger partial charge in [0.1, 0.15) is 5.60 Å². The number of nitrogens with zero attached hydrogens (tertiary/aromatic N) is 1. The quantitative estimate of drug-likeness (QED) is 0.178. The molecule has 0 unspecified atom stereocenters. The first-order chi connectivity index (χ1) is 11.8. The first-order valence-electron chi connectivity index (χ1n) is 8.38. The third-order valence-corrected chi connectivity index (χ3v) is 3.90. The summed E-state index contributed by atoms with van der Waals surface area (Å²) >= 11 is 1.73. The van der Waals surface area contributed by atoms with Crippen molar-refractivity contribution >= 4 is 47.8 Å². The van der Waals surface area contributed by atoms with Crippen LogP contribution in [0.3, 0.4) is 0 Å². The molecule has 0 aliphatic heterocycles. The molecule has 148 valence electrons. The molecular weight excluding hydrogens is 463 g/mol. The van der Waals surface area contributed by atoms with Crippen molar-refractivity contribution in [2.75, 3.05) is 26.4 Å². The van der Waals surface area contributed by atoms with E-state index in [1.807, 2.05) is 20.8 Å². The lowest BCUT2D eigenvalue weighted by atomic mass is 10.2. The van der Waals surface area contributed by atoms with Gasteiger partial charge in [-0.2, -0.15) is 0 Å². The topological polar surface area (TPSA) is 74.8 Å². The monoisotopic (exact) mass is 494 g/mol. The van der Waals surface area contributed by atoms with Crippen LogP contribution in [0.5, 0.6) is 0 Å². The molecule has 0 aromatic heterocycles. The van der Waals surface area contributed by atoms with Crippen LogP contribution in [-0.2, 0) is 11.3 Å². The predicted molar refractivity (Wildman–Crippen MR) is 121 cm³/mol. The molecular formula is C18H31IN4O2S. The first kappa shape index (κ1) is 24.8. The van der Waals surface area contributed by atoms with Gasteiger partial charge < -0.3 is 20.7 Å². The molecule has 1 aromatic carbocycles. The summed E-state index contributed by atoms with van der Waals surface area (Å²) in [5.41, 5.74) is 0.731. The molecule has 0 aliphatic carbocycles. The maximum Gasteiger partial charge on any atom is 0.407 e. The van der Waals surface area contributed by atoms with Gasteiger partial charge in [0.15, 0.2) is 5.96 Å². The maximum absolute atomic E-state index is 11.5. The van der Waals surface area contributed by atoms with Crippen LogP contribution in [0.4, 0.5) is 4.79 Å². The van der Waals surface area contributed by atoms with E-state index in [2.05, 4.69) is 51.5 Å². The summed E-state index contributed by atoms with van der Waals surface area (Å²) in [5.74, 6) is 0.742. The van der Waals surface area contributed by atoms with Crippen LogP contribution in [-0.4, -0.2) is 44.0 Å². The van der Waals surface area contributed by atoms with Crippen molar-refractivity contribution in [2.45, 2.75) is 44.2 Å². The maximum atomic E-state index is 11.5. The number of hydrogen-bond donors (Lipinski definition) is 3. The molecule has 0 spiro atoms. The van der Waals surface area contributed by atoms with Gasteiger partial charge in [-0.3, -0.25) is 4.99 Å². The number of aliphatic imine (C=N–C) groups is 1. The number of guanidine groups is 1. The van der Waals surface area contributed by atoms with Crippen LogP contribution in [0.2, 0.25) is 0 Å². The molecule has 0 radical (unpaired) electrons. The SMILES string of the molecule is CN=C(NCCCNC(=O)OC(C)(C)C)NCc1ccc(SC)cc1.I. The zero-order valence-electron chi connectivity index (χ0n) is 16.2. The number of carbonyl (C=O) groups is 1. The summed E-state index contributed by atoms with van der Waals surface area (Å²) < 4.78 is 5.18. The Labute approximate surface area is 178 Å². The number of alkyl carbamates (subject to hydrolysis) is 1. The number of halogens is 1. The van der Waals surface area contributed by atoms with Crippen LogP contribution < -0.4 is 16.0 Å². The van der Waals surface area contributed by atoms with Crippen molar-refractivity contribution in [1.29, 1.82) is 0 Å². The van der Waals surface area contributed by atoms with Crippen molar-refractivity contribution in [1.82, 2.24) is 16.0 Å². The summed E-state index contributed by atoms with van der Waals surface area (Å²) in [5, 5.41) is 9.24. The molecule has 0 bridgehead atoms. The Bertz CT molecular complexity index is 559. The lowest BCUT2D eigenvalue weighted by Crippen LogP contribution is -2.39. The van der Waals surface area contributed by atoms with Crippen LogP contribution in [0.1, 0.15) is 32.8 Å². The molecule has 1 aromatic rings. The van der Waals surface area contributed by atoms with E-state index in [9.17, 15) is 4.79 Å². The first-order valence-corrected chi connectivity index (χ1v) is 9.61. The third-order valence-electron chi connectivity index (χ3n) is 3.16. The molecule has 0 aliphatic rings. The summed E-state index contributed by atoms with van der Waals surface area (Å²) in [7, 11) is 1.74. The van der Waals surface area contributed by atoms with E-state index in [4.69, 9.17) is 4.74 Å². The molecule has 0 saturated heterocycles. The number of ether oxygens (including phenoxy) is 1. The Balaban J connectivity index is 0.00000625. The Kier molecular flexibility index (Phi) is 12.5. The van der Waals surface area contributed by atoms with E-state index >= 15 is 0 Å². The highest BCUT2D eigenvalue weighted by molar-refractivity contribution is 14.0. The van der Waals surface area contributed by atoms with Crippen LogP contribution in [0.25, 0.3) is 0 Å². The summed E-state index contributed by atoms with van der Waals surface area (Å²) in [6.45, 7) is 7.51. The molecule has 1 amide bonds. The summed E-state index contributed by atoms with van der Waals surface area (Å²) in [6.07, 6.45) is 2.46. The standard InChI is InChI=1S/C18H30N4O2S.HI/c1-18(2,3)24-17(23)21-12-6-11-20-16(19-4)22-13-14-7-9-15(25-5)10-8-14;/h7-10H,6,11-13H2,1-5H3,(H,21,23)(H2,19,20,22);1H. The number of hydrogen-bond acceptors (Lipinski definition) is 4. The number of nitrogens with one attached hydrogen (secondary N) is 3. The number of rotatable bonds is 7. The molecule has 0 saturated carbocycles. The van der Waals surface area contributed by atoms with Crippen molar-refractivity contribution in [3.05, 3.63) is 29.8 Å². The molecule has 3 N–H and O–H groups in total. The molecule has 6 nitrogen and oxygen atoms in total. The molecule has 0 fully saturated rings. The minimum atomic E-state index is -0.470. The second kappa shape index (κ2) is 13.1. The van der Waals surface area contributed by atoms with Gasteiger partial charge in [0.2, 0.25) is 0 Å². The highest BCUT2D eigenvalue weighted by Crippen LogP contribution is 2.14. The van der Waals surface area contributed by atoms with Gasteiger partial charge in [-0.1, -0.05) is 12.1 Å². The predicted octanol–water partition coefficient (Wildman–Crippen LogP) is 3.61. The van der Waals surface area contributed by atoms with Gasteiger partial charge in [-0.15, -0.1) is 35.7 Å². The van der Waals surface area contributed by atoms with Crippen molar-refractivity contribution in [2.24, 2.45) is 4.99 Å². The number of carbonyl (C=O) groups excluding carboxylic acids is 1. The van der Waals surface area contributed by atoms with Crippen molar-refractivity contribution in [3.8, 4) is 0 Å². The number of benzene rings is 1. The highest BCUT2D eigenvalue weighted by atomic mass is 127. The van der Waals surface area contributed by atoms with E-state index in [0.717, 1.165) is 12.4 Å². The van der Waals surface area contributed by atoms with E-state index in [1.54, 1.807) is 18.8 Å². The fourth-order valence-electron chi connectivity index (χ4n) is 1.95. The molecule has 0 heterocycles. The molecule has 1 rings (SSSR count). The van der Waals surface area contributed by atoms with E-state index in [-0.39, 0.29) is 30.1 Å². The lowest BCUT2D eigenvalue weighted by molar-refractivity contribution is 0.0527. The Hall–Kier alpha value is -1.16. The van der Waals surface area contributed by atoms with Gasteiger partial charge in [0, 0.05) is 31.6 Å². The smallest absolute Gasteiger partial charge is 0.407 e. The third kappa shape index (κ3) is 11.5. The molecule has 0 atom stereocenters. The summed E-state index contributed by atoms with van der Waals surface area (Å²) in [4.78, 5) is 17.0. The zero-order chi connectivity index (χ0) is 18.7. The Morgan fingerprint density at radius 3 is 2.27 bits per heavy atom. The number of thioether (sulfide) groups is 1. The fourth-order valence-corrected chi connectivity index (χ4v) is 2.36. The van der Waals surface area contributed by atoms with E-state index in [1.165, 1.54) is 10.5 Å². The minimum Gasteiger partial charge on any atom is -0.444 e. The average Bonchev–Trinajstić information content (AvgIpc) is 2.56. The Morgan fingerprint density at radius 1 is 1.12 bits per heavy atom. The van der Waals surface area contributed by atoms with Gasteiger partial charge in [0.05, 0.1) is 0 Å². The normalized spacial score (nSPS) is 11.3.